The van der Waals surface area contributed by atoms with Crippen LogP contribution in [0.4, 0.5) is 0 Å². The molecule has 2 rings (SSSR count). The number of nitrogens with one attached hydrogen (secondary N) is 1. The maximum absolute atomic E-state index is 11.7. The van der Waals surface area contributed by atoms with E-state index in [1.807, 2.05) is 12.3 Å². The lowest BCUT2D eigenvalue weighted by Crippen LogP contribution is -2.32. The van der Waals surface area contributed by atoms with Crippen LogP contribution in [0.25, 0.3) is 0 Å². The average molecular weight is 227 g/mol. The van der Waals surface area contributed by atoms with Gasteiger partial charge in [0.15, 0.2) is 0 Å². The lowest BCUT2D eigenvalue weighted by Gasteiger charge is -2.23. The first-order valence-corrected chi connectivity index (χ1v) is 5.71. The second kappa shape index (κ2) is 4.81. The Balaban J connectivity index is 2.09. The minimum atomic E-state index is -0.0716. The molecular formula is C11H15ClN2O. The summed E-state index contributed by atoms with van der Waals surface area (Å²) >= 11 is 5.79. The third-order valence-electron chi connectivity index (χ3n) is 2.89. The van der Waals surface area contributed by atoms with E-state index >= 15 is 0 Å². The first kappa shape index (κ1) is 10.7. The van der Waals surface area contributed by atoms with Crippen molar-refractivity contribution in [3.05, 3.63) is 33.7 Å². The van der Waals surface area contributed by atoms with Gasteiger partial charge >= 0.3 is 0 Å². The molecule has 3 nitrogen and oxygen atoms in total. The van der Waals surface area contributed by atoms with E-state index in [2.05, 4.69) is 5.32 Å². The van der Waals surface area contributed by atoms with Gasteiger partial charge in [0.25, 0.3) is 5.56 Å². The summed E-state index contributed by atoms with van der Waals surface area (Å²) in [5.41, 5.74) is -0.0716. The lowest BCUT2D eigenvalue weighted by molar-refractivity contribution is 0.330. The van der Waals surface area contributed by atoms with E-state index in [4.69, 9.17) is 11.6 Å². The molecule has 1 aromatic rings. The maximum atomic E-state index is 11.7. The van der Waals surface area contributed by atoms with E-state index in [-0.39, 0.29) is 5.56 Å². The summed E-state index contributed by atoms with van der Waals surface area (Å²) < 4.78 is 1.72. The Labute approximate surface area is 94.1 Å². The molecule has 0 unspecified atom stereocenters. The second-order valence-electron chi connectivity index (χ2n) is 4.01. The van der Waals surface area contributed by atoms with Crippen LogP contribution in [0, 0.1) is 5.92 Å². The van der Waals surface area contributed by atoms with Gasteiger partial charge < -0.3 is 9.88 Å². The Hall–Kier alpha value is -0.800. The van der Waals surface area contributed by atoms with Gasteiger partial charge in [-0.1, -0.05) is 11.6 Å². The molecule has 4 heteroatoms. The van der Waals surface area contributed by atoms with E-state index < -0.39 is 0 Å². The molecule has 1 N–H and O–H groups in total. The fourth-order valence-electron chi connectivity index (χ4n) is 1.99. The highest BCUT2D eigenvalue weighted by Gasteiger charge is 2.14. The summed E-state index contributed by atoms with van der Waals surface area (Å²) in [4.78, 5) is 11.7. The number of nitrogens with zero attached hydrogens (tertiary/aromatic N) is 1. The van der Waals surface area contributed by atoms with Crippen molar-refractivity contribution in [2.24, 2.45) is 5.92 Å². The number of hydrogen-bond donors (Lipinski definition) is 1. The summed E-state index contributed by atoms with van der Waals surface area (Å²) in [7, 11) is 0. The van der Waals surface area contributed by atoms with Crippen LogP contribution in [0.15, 0.2) is 23.1 Å². The van der Waals surface area contributed by atoms with Crippen LogP contribution >= 0.6 is 11.6 Å². The molecule has 0 aromatic carbocycles. The molecule has 0 amide bonds. The zero-order valence-corrected chi connectivity index (χ0v) is 9.33. The van der Waals surface area contributed by atoms with Gasteiger partial charge in [-0.2, -0.15) is 0 Å². The van der Waals surface area contributed by atoms with Crippen molar-refractivity contribution in [2.45, 2.75) is 19.4 Å². The van der Waals surface area contributed by atoms with Gasteiger partial charge in [0.2, 0.25) is 0 Å². The van der Waals surface area contributed by atoms with Crippen LogP contribution in [0.2, 0.25) is 5.02 Å². The smallest absolute Gasteiger partial charge is 0.269 e. The molecule has 0 spiro atoms. The standard InChI is InChI=1S/C11H15ClN2O/c12-10-2-1-7-14(11(10)15)8-9-3-5-13-6-4-9/h1-2,7,9,13H,3-6,8H2. The fraction of sp³-hybridized carbons (Fsp3) is 0.545. The Morgan fingerprint density at radius 1 is 1.47 bits per heavy atom. The van der Waals surface area contributed by atoms with Crippen LogP contribution in [-0.4, -0.2) is 17.7 Å². The number of pyridine rings is 1. The highest BCUT2D eigenvalue weighted by atomic mass is 35.5. The molecule has 2 heterocycles. The molecule has 1 aromatic heterocycles. The molecule has 0 radical (unpaired) electrons. The average Bonchev–Trinajstić information content (AvgIpc) is 2.26. The Kier molecular flexibility index (Phi) is 3.44. The van der Waals surface area contributed by atoms with E-state index in [1.165, 1.54) is 0 Å². The maximum Gasteiger partial charge on any atom is 0.269 e. The lowest BCUT2D eigenvalue weighted by atomic mass is 9.98. The van der Waals surface area contributed by atoms with Crippen LogP contribution in [0.5, 0.6) is 0 Å². The van der Waals surface area contributed by atoms with Crippen molar-refractivity contribution in [1.82, 2.24) is 9.88 Å². The molecule has 1 aliphatic heterocycles. The highest BCUT2D eigenvalue weighted by Crippen LogP contribution is 2.13. The van der Waals surface area contributed by atoms with Crippen molar-refractivity contribution < 1.29 is 0 Å². The normalized spacial score (nSPS) is 17.9. The predicted octanol–water partition coefficient (Wildman–Crippen LogP) is 1.50. The monoisotopic (exact) mass is 226 g/mol. The van der Waals surface area contributed by atoms with Gasteiger partial charge in [-0.05, 0) is 44.0 Å². The highest BCUT2D eigenvalue weighted by molar-refractivity contribution is 6.30. The zero-order valence-electron chi connectivity index (χ0n) is 8.58. The Morgan fingerprint density at radius 2 is 2.20 bits per heavy atom. The van der Waals surface area contributed by atoms with Gasteiger partial charge in [0, 0.05) is 12.7 Å². The van der Waals surface area contributed by atoms with Crippen molar-refractivity contribution in [2.75, 3.05) is 13.1 Å². The number of hydrogen-bond acceptors (Lipinski definition) is 2. The fourth-order valence-corrected chi connectivity index (χ4v) is 2.18. The molecule has 0 aliphatic carbocycles. The minimum Gasteiger partial charge on any atom is -0.317 e. The van der Waals surface area contributed by atoms with Crippen molar-refractivity contribution in [3.8, 4) is 0 Å². The molecule has 1 fully saturated rings. The second-order valence-corrected chi connectivity index (χ2v) is 4.41. The summed E-state index contributed by atoms with van der Waals surface area (Å²) in [5.74, 6) is 0.599. The summed E-state index contributed by atoms with van der Waals surface area (Å²) in [6.45, 7) is 2.90. The first-order chi connectivity index (χ1) is 7.27. The minimum absolute atomic E-state index is 0.0716. The number of aromatic nitrogens is 1. The van der Waals surface area contributed by atoms with Gasteiger partial charge in [-0.25, -0.2) is 0 Å². The molecule has 82 valence electrons. The molecule has 1 aliphatic rings. The van der Waals surface area contributed by atoms with Crippen LogP contribution in [0.1, 0.15) is 12.8 Å². The number of halogens is 1. The third kappa shape index (κ3) is 2.61. The topological polar surface area (TPSA) is 34.0 Å². The summed E-state index contributed by atoms with van der Waals surface area (Å²) in [5, 5.41) is 3.62. The van der Waals surface area contributed by atoms with E-state index in [0.717, 1.165) is 32.5 Å². The number of rotatable bonds is 2. The van der Waals surface area contributed by atoms with E-state index in [0.29, 0.717) is 10.9 Å². The number of piperidine rings is 1. The molecule has 0 bridgehead atoms. The molecule has 1 saturated heterocycles. The Morgan fingerprint density at radius 3 is 2.93 bits per heavy atom. The van der Waals surface area contributed by atoms with E-state index in [9.17, 15) is 4.79 Å². The Bertz CT molecular complexity index is 382. The van der Waals surface area contributed by atoms with E-state index in [1.54, 1.807) is 10.6 Å². The summed E-state index contributed by atoms with van der Waals surface area (Å²) in [6, 6.07) is 3.47. The van der Waals surface area contributed by atoms with Crippen molar-refractivity contribution in [3.63, 3.8) is 0 Å². The van der Waals surface area contributed by atoms with Gasteiger partial charge in [0.05, 0.1) is 0 Å². The summed E-state index contributed by atoms with van der Waals surface area (Å²) in [6.07, 6.45) is 4.09. The molecule has 15 heavy (non-hydrogen) atoms. The predicted molar refractivity (Wildman–Crippen MR) is 61.3 cm³/mol. The first-order valence-electron chi connectivity index (χ1n) is 5.33. The van der Waals surface area contributed by atoms with Crippen molar-refractivity contribution >= 4 is 11.6 Å². The van der Waals surface area contributed by atoms with Gasteiger partial charge in [0.1, 0.15) is 5.02 Å². The van der Waals surface area contributed by atoms with Gasteiger partial charge in [-0.3, -0.25) is 4.79 Å². The quantitative estimate of drug-likeness (QED) is 0.830. The van der Waals surface area contributed by atoms with Crippen molar-refractivity contribution in [1.29, 1.82) is 0 Å². The van der Waals surface area contributed by atoms with Crippen LogP contribution in [-0.2, 0) is 6.54 Å². The molecular weight excluding hydrogens is 212 g/mol. The largest absolute Gasteiger partial charge is 0.317 e. The third-order valence-corrected chi connectivity index (χ3v) is 3.18. The molecule has 0 atom stereocenters. The van der Waals surface area contributed by atoms with Gasteiger partial charge in [-0.15, -0.1) is 0 Å². The molecule has 0 saturated carbocycles. The SMILES string of the molecule is O=c1c(Cl)cccn1CC1CCNCC1. The van der Waals surface area contributed by atoms with Crippen LogP contribution < -0.4 is 10.9 Å². The zero-order chi connectivity index (χ0) is 10.7. The van der Waals surface area contributed by atoms with Crippen LogP contribution in [0.3, 0.4) is 0 Å².